The highest BCUT2D eigenvalue weighted by Crippen LogP contribution is 2.14. The number of rotatable bonds is 5. The molecule has 0 spiro atoms. The quantitative estimate of drug-likeness (QED) is 0.710. The van der Waals surface area contributed by atoms with E-state index in [0.717, 1.165) is 26.0 Å². The molecule has 0 radical (unpaired) electrons. The Labute approximate surface area is 96.6 Å². The van der Waals surface area contributed by atoms with E-state index in [1.807, 2.05) is 11.9 Å². The summed E-state index contributed by atoms with van der Waals surface area (Å²) in [6, 6.07) is 0. The van der Waals surface area contributed by atoms with Gasteiger partial charge in [-0.05, 0) is 33.2 Å². The second-order valence-corrected chi connectivity index (χ2v) is 4.91. The summed E-state index contributed by atoms with van der Waals surface area (Å²) in [4.78, 5) is 12.8. The summed E-state index contributed by atoms with van der Waals surface area (Å²) >= 11 is 0. The van der Waals surface area contributed by atoms with Crippen LogP contribution in [0.3, 0.4) is 0 Å². The van der Waals surface area contributed by atoms with E-state index >= 15 is 0 Å². The van der Waals surface area contributed by atoms with Gasteiger partial charge < -0.3 is 20.5 Å². The fourth-order valence-electron chi connectivity index (χ4n) is 1.99. The Morgan fingerprint density at radius 1 is 1.62 bits per heavy atom. The second-order valence-electron chi connectivity index (χ2n) is 4.91. The number of ether oxygens (including phenoxy) is 1. The average Bonchev–Trinajstić information content (AvgIpc) is 2.17. The Hall–Kier alpha value is -0.650. The molecule has 0 bridgehead atoms. The lowest BCUT2D eigenvalue weighted by atomic mass is 10.0. The summed E-state index contributed by atoms with van der Waals surface area (Å²) in [5, 5.41) is 8.91. The molecule has 0 aromatic rings. The van der Waals surface area contributed by atoms with Crippen molar-refractivity contribution in [2.75, 3.05) is 26.7 Å². The standard InChI is InChI=1S/C11H22N2O3/c1-11(12,10(14)15)8-13(2)7-9-5-3-4-6-16-9/h9H,3-8,12H2,1-2H3,(H,14,15). The Morgan fingerprint density at radius 3 is 2.81 bits per heavy atom. The van der Waals surface area contributed by atoms with Crippen molar-refractivity contribution >= 4 is 5.97 Å². The fraction of sp³-hybridized carbons (Fsp3) is 0.909. The van der Waals surface area contributed by atoms with Gasteiger partial charge in [0.2, 0.25) is 0 Å². The van der Waals surface area contributed by atoms with Gasteiger partial charge >= 0.3 is 5.97 Å². The number of likely N-dealkylation sites (N-methyl/N-ethyl adjacent to an activating group) is 1. The molecule has 1 heterocycles. The van der Waals surface area contributed by atoms with Gasteiger partial charge in [0.25, 0.3) is 0 Å². The van der Waals surface area contributed by atoms with Crippen LogP contribution in [-0.2, 0) is 9.53 Å². The van der Waals surface area contributed by atoms with Gasteiger partial charge in [-0.1, -0.05) is 0 Å². The molecule has 1 aliphatic rings. The van der Waals surface area contributed by atoms with Gasteiger partial charge in [-0.3, -0.25) is 4.79 Å². The SMILES string of the molecule is CN(CC1CCCCO1)CC(C)(N)C(=O)O. The van der Waals surface area contributed by atoms with E-state index in [9.17, 15) is 4.79 Å². The van der Waals surface area contributed by atoms with Crippen LogP contribution in [0.5, 0.6) is 0 Å². The number of carboxylic acids is 1. The van der Waals surface area contributed by atoms with Crippen LogP contribution in [-0.4, -0.2) is 54.4 Å². The highest BCUT2D eigenvalue weighted by Gasteiger charge is 2.30. The first-order valence-corrected chi connectivity index (χ1v) is 5.74. The van der Waals surface area contributed by atoms with E-state index in [4.69, 9.17) is 15.6 Å². The zero-order valence-electron chi connectivity index (χ0n) is 10.1. The fourth-order valence-corrected chi connectivity index (χ4v) is 1.99. The van der Waals surface area contributed by atoms with Crippen molar-refractivity contribution < 1.29 is 14.6 Å². The first-order valence-electron chi connectivity index (χ1n) is 5.74. The smallest absolute Gasteiger partial charge is 0.324 e. The van der Waals surface area contributed by atoms with Crippen LogP contribution in [0.1, 0.15) is 26.2 Å². The maximum Gasteiger partial charge on any atom is 0.324 e. The minimum Gasteiger partial charge on any atom is -0.480 e. The summed E-state index contributed by atoms with van der Waals surface area (Å²) in [5.41, 5.74) is 4.49. The second kappa shape index (κ2) is 5.61. The topological polar surface area (TPSA) is 75.8 Å². The average molecular weight is 230 g/mol. The number of aliphatic carboxylic acids is 1. The van der Waals surface area contributed by atoms with Crippen LogP contribution in [0.15, 0.2) is 0 Å². The van der Waals surface area contributed by atoms with Crippen molar-refractivity contribution in [3.8, 4) is 0 Å². The number of carbonyl (C=O) groups is 1. The monoisotopic (exact) mass is 230 g/mol. The Bertz CT molecular complexity index is 237. The predicted molar refractivity (Wildman–Crippen MR) is 61.3 cm³/mol. The molecule has 0 aliphatic carbocycles. The van der Waals surface area contributed by atoms with Crippen LogP contribution in [0.2, 0.25) is 0 Å². The lowest BCUT2D eigenvalue weighted by Crippen LogP contribution is -2.54. The molecule has 0 aromatic carbocycles. The molecule has 0 saturated carbocycles. The normalized spacial score (nSPS) is 25.4. The van der Waals surface area contributed by atoms with Crippen LogP contribution in [0.4, 0.5) is 0 Å². The maximum atomic E-state index is 10.9. The molecule has 94 valence electrons. The van der Waals surface area contributed by atoms with E-state index < -0.39 is 11.5 Å². The van der Waals surface area contributed by atoms with Crippen LogP contribution in [0, 0.1) is 0 Å². The third kappa shape index (κ3) is 4.08. The molecule has 5 nitrogen and oxygen atoms in total. The van der Waals surface area contributed by atoms with Crippen molar-refractivity contribution in [1.82, 2.24) is 4.90 Å². The Morgan fingerprint density at radius 2 is 2.31 bits per heavy atom. The summed E-state index contributed by atoms with van der Waals surface area (Å²) in [5.74, 6) is -0.969. The van der Waals surface area contributed by atoms with Crippen molar-refractivity contribution in [2.45, 2.75) is 37.8 Å². The first kappa shape index (κ1) is 13.4. The zero-order chi connectivity index (χ0) is 12.2. The van der Waals surface area contributed by atoms with Crippen molar-refractivity contribution in [3.63, 3.8) is 0 Å². The molecule has 2 atom stereocenters. The molecule has 0 aromatic heterocycles. The highest BCUT2D eigenvalue weighted by molar-refractivity contribution is 5.78. The van der Waals surface area contributed by atoms with Crippen molar-refractivity contribution in [1.29, 1.82) is 0 Å². The van der Waals surface area contributed by atoms with Crippen LogP contribution >= 0.6 is 0 Å². The van der Waals surface area contributed by atoms with Gasteiger partial charge in [-0.15, -0.1) is 0 Å². The lowest BCUT2D eigenvalue weighted by molar-refractivity contribution is -0.143. The van der Waals surface area contributed by atoms with Gasteiger partial charge in [0.15, 0.2) is 0 Å². The molecule has 1 saturated heterocycles. The molecule has 1 aliphatic heterocycles. The zero-order valence-corrected chi connectivity index (χ0v) is 10.1. The minimum atomic E-state index is -1.19. The molecular formula is C11H22N2O3. The lowest BCUT2D eigenvalue weighted by Gasteiger charge is -2.31. The summed E-state index contributed by atoms with van der Waals surface area (Å²) < 4.78 is 5.59. The number of hydrogen-bond donors (Lipinski definition) is 2. The number of hydrogen-bond acceptors (Lipinski definition) is 4. The minimum absolute atomic E-state index is 0.225. The molecule has 1 fully saturated rings. The third-order valence-corrected chi connectivity index (χ3v) is 2.88. The van der Waals surface area contributed by atoms with Crippen molar-refractivity contribution in [3.05, 3.63) is 0 Å². The molecule has 2 unspecified atom stereocenters. The highest BCUT2D eigenvalue weighted by atomic mass is 16.5. The van der Waals surface area contributed by atoms with Crippen molar-refractivity contribution in [2.24, 2.45) is 5.73 Å². The van der Waals surface area contributed by atoms with Gasteiger partial charge in [-0.2, -0.15) is 0 Å². The third-order valence-electron chi connectivity index (χ3n) is 2.88. The summed E-state index contributed by atoms with van der Waals surface area (Å²) in [7, 11) is 1.88. The predicted octanol–water partition coefficient (Wildman–Crippen LogP) is 0.289. The van der Waals surface area contributed by atoms with Crippen LogP contribution in [0.25, 0.3) is 0 Å². The van der Waals surface area contributed by atoms with E-state index in [1.165, 1.54) is 13.3 Å². The largest absolute Gasteiger partial charge is 0.480 e. The number of nitrogens with zero attached hydrogens (tertiary/aromatic N) is 1. The Balaban J connectivity index is 2.34. The molecule has 5 heteroatoms. The van der Waals surface area contributed by atoms with Gasteiger partial charge in [0.05, 0.1) is 6.10 Å². The summed E-state index contributed by atoms with van der Waals surface area (Å²) in [6.45, 7) is 3.44. The number of nitrogens with two attached hydrogens (primary N) is 1. The molecule has 16 heavy (non-hydrogen) atoms. The maximum absolute atomic E-state index is 10.9. The van der Waals surface area contributed by atoms with E-state index in [2.05, 4.69) is 0 Å². The Kier molecular flexibility index (Phi) is 4.70. The van der Waals surface area contributed by atoms with E-state index in [-0.39, 0.29) is 6.10 Å². The summed E-state index contributed by atoms with van der Waals surface area (Å²) in [6.07, 6.45) is 3.60. The van der Waals surface area contributed by atoms with E-state index in [0.29, 0.717) is 6.54 Å². The van der Waals surface area contributed by atoms with Crippen LogP contribution < -0.4 is 5.73 Å². The molecular weight excluding hydrogens is 208 g/mol. The van der Waals surface area contributed by atoms with E-state index in [1.54, 1.807) is 0 Å². The van der Waals surface area contributed by atoms with Gasteiger partial charge in [0, 0.05) is 19.7 Å². The van der Waals surface area contributed by atoms with Gasteiger partial charge in [-0.25, -0.2) is 0 Å². The van der Waals surface area contributed by atoms with Gasteiger partial charge in [0.1, 0.15) is 5.54 Å². The number of carboxylic acid groups (broad SMARTS) is 1. The molecule has 1 rings (SSSR count). The first-order chi connectivity index (χ1) is 7.42. The molecule has 0 amide bonds. The molecule has 3 N–H and O–H groups in total.